The fourth-order valence-corrected chi connectivity index (χ4v) is 3.54. The Hall–Kier alpha value is -1.51. The molecule has 0 bridgehead atoms. The molecule has 3 heteroatoms. The molecule has 1 aromatic rings. The van der Waals surface area contributed by atoms with Crippen molar-refractivity contribution in [2.24, 2.45) is 5.92 Å². The summed E-state index contributed by atoms with van der Waals surface area (Å²) in [7, 11) is 1.71. The van der Waals surface area contributed by atoms with Crippen molar-refractivity contribution in [3.8, 4) is 5.75 Å². The van der Waals surface area contributed by atoms with Crippen molar-refractivity contribution in [3.63, 3.8) is 0 Å². The van der Waals surface area contributed by atoms with Crippen LogP contribution in [0.2, 0.25) is 0 Å². The maximum atomic E-state index is 12.6. The van der Waals surface area contributed by atoms with Crippen LogP contribution >= 0.6 is 0 Å². The van der Waals surface area contributed by atoms with Gasteiger partial charge >= 0.3 is 0 Å². The number of carbonyl (C=O) groups is 1. The lowest BCUT2D eigenvalue weighted by atomic mass is 9.87. The fourth-order valence-electron chi connectivity index (χ4n) is 3.54. The summed E-state index contributed by atoms with van der Waals surface area (Å²) in [4.78, 5) is 14.7. The summed E-state index contributed by atoms with van der Waals surface area (Å²) < 4.78 is 5.45. The first kappa shape index (κ1) is 13.5. The molecular weight excluding hydrogens is 250 g/mol. The minimum atomic E-state index is 0.264. The Bertz CT molecular complexity index is 478. The van der Waals surface area contributed by atoms with Gasteiger partial charge in [-0.2, -0.15) is 0 Å². The topological polar surface area (TPSA) is 29.5 Å². The van der Waals surface area contributed by atoms with E-state index in [1.54, 1.807) is 7.11 Å². The van der Waals surface area contributed by atoms with Crippen LogP contribution in [0.15, 0.2) is 18.2 Å². The van der Waals surface area contributed by atoms with Crippen LogP contribution in [0.3, 0.4) is 0 Å². The molecule has 1 saturated carbocycles. The van der Waals surface area contributed by atoms with Gasteiger partial charge in [0, 0.05) is 24.6 Å². The molecule has 3 rings (SSSR count). The van der Waals surface area contributed by atoms with E-state index in [9.17, 15) is 4.79 Å². The summed E-state index contributed by atoms with van der Waals surface area (Å²) >= 11 is 0. The second-order valence-corrected chi connectivity index (χ2v) is 5.94. The molecule has 0 saturated heterocycles. The predicted octanol–water partition coefficient (Wildman–Crippen LogP) is 3.16. The SMILES string of the molecule is COc1cccc2c1CN(C(=O)C1CCCCC1)CC2. The van der Waals surface area contributed by atoms with Crippen LogP contribution in [-0.4, -0.2) is 24.5 Å². The van der Waals surface area contributed by atoms with E-state index in [-0.39, 0.29) is 5.92 Å². The summed E-state index contributed by atoms with van der Waals surface area (Å²) in [5.41, 5.74) is 2.53. The Morgan fingerprint density at radius 2 is 2.05 bits per heavy atom. The maximum absolute atomic E-state index is 12.6. The summed E-state index contributed by atoms with van der Waals surface area (Å²) in [5.74, 6) is 1.55. The standard InChI is InChI=1S/C17H23NO2/c1-20-16-9-5-8-13-10-11-18(12-15(13)16)17(19)14-6-3-2-4-7-14/h5,8-9,14H,2-4,6-7,10-12H2,1H3. The Balaban J connectivity index is 1.75. The van der Waals surface area contributed by atoms with E-state index < -0.39 is 0 Å². The molecule has 20 heavy (non-hydrogen) atoms. The molecule has 1 amide bonds. The van der Waals surface area contributed by atoms with E-state index in [0.717, 1.165) is 31.6 Å². The van der Waals surface area contributed by atoms with Gasteiger partial charge in [-0.25, -0.2) is 0 Å². The van der Waals surface area contributed by atoms with E-state index in [2.05, 4.69) is 6.07 Å². The lowest BCUT2D eigenvalue weighted by Gasteiger charge is -2.33. The monoisotopic (exact) mass is 273 g/mol. The van der Waals surface area contributed by atoms with Crippen molar-refractivity contribution in [1.29, 1.82) is 0 Å². The molecule has 1 aliphatic heterocycles. The van der Waals surface area contributed by atoms with Gasteiger partial charge in [0.25, 0.3) is 0 Å². The highest BCUT2D eigenvalue weighted by Gasteiger charge is 2.29. The minimum absolute atomic E-state index is 0.264. The molecule has 3 nitrogen and oxygen atoms in total. The Morgan fingerprint density at radius 3 is 2.80 bits per heavy atom. The molecule has 1 aliphatic carbocycles. The summed E-state index contributed by atoms with van der Waals surface area (Å²) in [6, 6.07) is 6.18. The zero-order valence-corrected chi connectivity index (χ0v) is 12.2. The van der Waals surface area contributed by atoms with Gasteiger partial charge in [0.15, 0.2) is 0 Å². The van der Waals surface area contributed by atoms with Crippen LogP contribution in [0.1, 0.15) is 43.2 Å². The zero-order valence-electron chi connectivity index (χ0n) is 12.2. The van der Waals surface area contributed by atoms with E-state index in [1.165, 1.54) is 30.4 Å². The molecule has 1 aromatic carbocycles. The van der Waals surface area contributed by atoms with Gasteiger partial charge in [-0.05, 0) is 30.9 Å². The van der Waals surface area contributed by atoms with Gasteiger partial charge in [0.05, 0.1) is 7.11 Å². The quantitative estimate of drug-likeness (QED) is 0.828. The van der Waals surface area contributed by atoms with E-state index >= 15 is 0 Å². The van der Waals surface area contributed by atoms with Gasteiger partial charge in [-0.15, -0.1) is 0 Å². The molecule has 1 fully saturated rings. The average Bonchev–Trinajstić information content (AvgIpc) is 2.54. The molecule has 0 N–H and O–H groups in total. The second-order valence-electron chi connectivity index (χ2n) is 5.94. The Morgan fingerprint density at radius 1 is 1.25 bits per heavy atom. The van der Waals surface area contributed by atoms with Gasteiger partial charge in [-0.3, -0.25) is 4.79 Å². The first-order valence-electron chi connectivity index (χ1n) is 7.73. The first-order valence-corrected chi connectivity index (χ1v) is 7.73. The summed E-state index contributed by atoms with van der Waals surface area (Å²) in [6.07, 6.45) is 6.82. The number of methoxy groups -OCH3 is 1. The number of hydrogen-bond donors (Lipinski definition) is 0. The van der Waals surface area contributed by atoms with Crippen LogP contribution in [0.4, 0.5) is 0 Å². The summed E-state index contributed by atoms with van der Waals surface area (Å²) in [5, 5.41) is 0. The highest BCUT2D eigenvalue weighted by molar-refractivity contribution is 5.79. The number of fused-ring (bicyclic) bond motifs is 1. The largest absolute Gasteiger partial charge is 0.496 e. The molecule has 0 radical (unpaired) electrons. The highest BCUT2D eigenvalue weighted by atomic mass is 16.5. The van der Waals surface area contributed by atoms with Crippen molar-refractivity contribution in [3.05, 3.63) is 29.3 Å². The fraction of sp³-hybridized carbons (Fsp3) is 0.588. The molecular formula is C17H23NO2. The van der Waals surface area contributed by atoms with E-state index in [4.69, 9.17) is 4.74 Å². The minimum Gasteiger partial charge on any atom is -0.496 e. The summed E-state index contributed by atoms with van der Waals surface area (Å²) in [6.45, 7) is 1.57. The number of benzene rings is 1. The zero-order chi connectivity index (χ0) is 13.9. The second kappa shape index (κ2) is 5.86. The van der Waals surface area contributed by atoms with Crippen LogP contribution in [0.5, 0.6) is 5.75 Å². The van der Waals surface area contributed by atoms with Gasteiger partial charge in [0.2, 0.25) is 5.91 Å². The molecule has 0 spiro atoms. The number of carbonyl (C=O) groups excluding carboxylic acids is 1. The predicted molar refractivity (Wildman–Crippen MR) is 78.7 cm³/mol. The highest BCUT2D eigenvalue weighted by Crippen LogP contribution is 2.31. The molecule has 2 aliphatic rings. The van der Waals surface area contributed by atoms with E-state index in [0.29, 0.717) is 12.5 Å². The third-order valence-corrected chi connectivity index (χ3v) is 4.72. The van der Waals surface area contributed by atoms with Crippen molar-refractivity contribution < 1.29 is 9.53 Å². The van der Waals surface area contributed by atoms with Crippen molar-refractivity contribution in [2.45, 2.75) is 45.1 Å². The lowest BCUT2D eigenvalue weighted by Crippen LogP contribution is -2.40. The lowest BCUT2D eigenvalue weighted by molar-refractivity contribution is -0.137. The average molecular weight is 273 g/mol. The van der Waals surface area contributed by atoms with Gasteiger partial charge < -0.3 is 9.64 Å². The molecule has 108 valence electrons. The number of hydrogen-bond acceptors (Lipinski definition) is 2. The first-order chi connectivity index (χ1) is 9.79. The number of ether oxygens (including phenoxy) is 1. The van der Waals surface area contributed by atoms with Gasteiger partial charge in [0.1, 0.15) is 5.75 Å². The molecule has 0 atom stereocenters. The van der Waals surface area contributed by atoms with Crippen molar-refractivity contribution in [1.82, 2.24) is 4.90 Å². The molecule has 0 aromatic heterocycles. The number of nitrogens with zero attached hydrogens (tertiary/aromatic N) is 1. The number of rotatable bonds is 2. The van der Waals surface area contributed by atoms with Crippen molar-refractivity contribution >= 4 is 5.91 Å². The van der Waals surface area contributed by atoms with Gasteiger partial charge in [-0.1, -0.05) is 31.4 Å². The normalized spacial score (nSPS) is 19.6. The van der Waals surface area contributed by atoms with Crippen LogP contribution in [0, 0.1) is 5.92 Å². The van der Waals surface area contributed by atoms with Crippen LogP contribution < -0.4 is 4.74 Å². The van der Waals surface area contributed by atoms with Crippen LogP contribution in [-0.2, 0) is 17.8 Å². The maximum Gasteiger partial charge on any atom is 0.225 e. The van der Waals surface area contributed by atoms with E-state index in [1.807, 2.05) is 17.0 Å². The smallest absolute Gasteiger partial charge is 0.225 e. The third kappa shape index (κ3) is 2.54. The number of amides is 1. The Kier molecular flexibility index (Phi) is 3.95. The Labute approximate surface area is 120 Å². The molecule has 1 heterocycles. The van der Waals surface area contributed by atoms with Crippen molar-refractivity contribution in [2.75, 3.05) is 13.7 Å². The van der Waals surface area contributed by atoms with Crippen LogP contribution in [0.25, 0.3) is 0 Å². The molecule has 0 unspecified atom stereocenters. The third-order valence-electron chi connectivity index (χ3n) is 4.72.